The Hall–Kier alpha value is -4.85. The van der Waals surface area contributed by atoms with Crippen LogP contribution in [0.3, 0.4) is 0 Å². The van der Waals surface area contributed by atoms with Crippen molar-refractivity contribution in [3.05, 3.63) is 99.0 Å². The SMILES string of the molecule is COc1ccc(/C=C2\Oc3c(ccc4c3[C@H](c3cc5ccc(OC)cc5[nH]c3=O)CC(=O)O4)C2=O)cc1. The van der Waals surface area contributed by atoms with E-state index < -0.39 is 11.9 Å². The Morgan fingerprint density at radius 3 is 2.41 bits per heavy atom. The Kier molecular flexibility index (Phi) is 5.30. The smallest absolute Gasteiger partial charge is 0.312 e. The third kappa shape index (κ3) is 3.83. The van der Waals surface area contributed by atoms with Crippen LogP contribution in [-0.2, 0) is 4.79 Å². The third-order valence-electron chi connectivity index (χ3n) is 6.65. The average molecular weight is 495 g/mol. The molecule has 6 rings (SSSR count). The number of nitrogens with one attached hydrogen (secondary N) is 1. The number of aromatic nitrogens is 1. The second-order valence-corrected chi connectivity index (χ2v) is 8.80. The standard InChI is InChI=1S/C29H21NO7/c1-34-17-6-3-15(4-7-17)11-24-27(32)19-9-10-23-26(28(19)37-24)20(14-25(31)36-23)21-12-16-5-8-18(35-2)13-22(16)30-29(21)33/h3-13,20H,14H2,1-2H3,(H,30,33)/b24-11-/t20-/m0/s1. The molecule has 184 valence electrons. The minimum Gasteiger partial charge on any atom is -0.497 e. The van der Waals surface area contributed by atoms with Gasteiger partial charge in [-0.15, -0.1) is 0 Å². The summed E-state index contributed by atoms with van der Waals surface area (Å²) < 4.78 is 22.0. The van der Waals surface area contributed by atoms with Crippen molar-refractivity contribution in [2.75, 3.05) is 14.2 Å². The molecule has 0 amide bonds. The van der Waals surface area contributed by atoms with Crippen LogP contribution in [0, 0.1) is 0 Å². The largest absolute Gasteiger partial charge is 0.497 e. The number of esters is 1. The van der Waals surface area contributed by atoms with Gasteiger partial charge in [-0.25, -0.2) is 0 Å². The van der Waals surface area contributed by atoms with Crippen molar-refractivity contribution in [1.82, 2.24) is 4.98 Å². The highest BCUT2D eigenvalue weighted by Crippen LogP contribution is 2.48. The van der Waals surface area contributed by atoms with Gasteiger partial charge in [-0.3, -0.25) is 14.4 Å². The fraction of sp³-hybridized carbons (Fsp3) is 0.138. The first-order valence-corrected chi connectivity index (χ1v) is 11.6. The van der Waals surface area contributed by atoms with Crippen molar-refractivity contribution in [1.29, 1.82) is 0 Å². The zero-order chi connectivity index (χ0) is 25.7. The predicted molar refractivity (Wildman–Crippen MR) is 136 cm³/mol. The highest BCUT2D eigenvalue weighted by Gasteiger charge is 2.39. The van der Waals surface area contributed by atoms with E-state index in [0.29, 0.717) is 39.5 Å². The van der Waals surface area contributed by atoms with Gasteiger partial charge in [0.25, 0.3) is 5.56 Å². The van der Waals surface area contributed by atoms with Crippen LogP contribution in [0.15, 0.2) is 71.2 Å². The summed E-state index contributed by atoms with van der Waals surface area (Å²) in [4.78, 5) is 41.8. The van der Waals surface area contributed by atoms with Gasteiger partial charge >= 0.3 is 5.97 Å². The molecule has 3 heterocycles. The van der Waals surface area contributed by atoms with Crippen LogP contribution in [0.25, 0.3) is 17.0 Å². The van der Waals surface area contributed by atoms with Crippen molar-refractivity contribution >= 4 is 28.7 Å². The molecule has 0 fully saturated rings. The molecule has 1 N–H and O–H groups in total. The number of aromatic amines is 1. The minimum atomic E-state index is -0.658. The molecule has 0 spiro atoms. The van der Waals surface area contributed by atoms with E-state index in [1.165, 1.54) is 0 Å². The maximum Gasteiger partial charge on any atom is 0.312 e. The molecular weight excluding hydrogens is 474 g/mol. The van der Waals surface area contributed by atoms with E-state index in [-0.39, 0.29) is 29.3 Å². The summed E-state index contributed by atoms with van der Waals surface area (Å²) in [6, 6.07) is 17.5. The molecule has 0 saturated carbocycles. The molecule has 0 bridgehead atoms. The second kappa shape index (κ2) is 8.67. The molecule has 4 aromatic rings. The predicted octanol–water partition coefficient (Wildman–Crippen LogP) is 4.60. The topological polar surface area (TPSA) is 104 Å². The van der Waals surface area contributed by atoms with E-state index in [9.17, 15) is 14.4 Å². The van der Waals surface area contributed by atoms with Gasteiger partial charge in [0, 0.05) is 23.1 Å². The number of rotatable bonds is 4. The van der Waals surface area contributed by atoms with Crippen molar-refractivity contribution in [2.24, 2.45) is 0 Å². The van der Waals surface area contributed by atoms with Crippen LogP contribution < -0.4 is 24.5 Å². The summed E-state index contributed by atoms with van der Waals surface area (Å²) in [5.74, 6) is 0.610. The van der Waals surface area contributed by atoms with E-state index in [0.717, 1.165) is 10.9 Å². The van der Waals surface area contributed by atoms with Gasteiger partial charge in [-0.1, -0.05) is 12.1 Å². The molecule has 2 aliphatic heterocycles. The van der Waals surface area contributed by atoms with Crippen LogP contribution in [0.4, 0.5) is 0 Å². The molecule has 1 aromatic heterocycles. The number of hydrogen-bond donors (Lipinski definition) is 1. The summed E-state index contributed by atoms with van der Waals surface area (Å²) >= 11 is 0. The van der Waals surface area contributed by atoms with Crippen molar-refractivity contribution in [3.8, 4) is 23.0 Å². The number of carbonyl (C=O) groups is 2. The van der Waals surface area contributed by atoms with Crippen LogP contribution in [-0.4, -0.2) is 31.0 Å². The second-order valence-electron chi connectivity index (χ2n) is 8.80. The average Bonchev–Trinajstić information content (AvgIpc) is 3.22. The Morgan fingerprint density at radius 2 is 1.65 bits per heavy atom. The number of fused-ring (bicyclic) bond motifs is 4. The number of pyridine rings is 1. The van der Waals surface area contributed by atoms with E-state index >= 15 is 0 Å². The number of hydrogen-bond acceptors (Lipinski definition) is 7. The summed E-state index contributed by atoms with van der Waals surface area (Å²) in [7, 11) is 3.13. The third-order valence-corrected chi connectivity index (χ3v) is 6.65. The molecule has 0 aliphatic carbocycles. The number of ether oxygens (including phenoxy) is 4. The zero-order valence-electron chi connectivity index (χ0n) is 20.0. The van der Waals surface area contributed by atoms with Gasteiger partial charge < -0.3 is 23.9 Å². The van der Waals surface area contributed by atoms with Crippen LogP contribution in [0.1, 0.15) is 39.4 Å². The van der Waals surface area contributed by atoms with E-state index in [1.807, 2.05) is 18.2 Å². The lowest BCUT2D eigenvalue weighted by atomic mass is 9.85. The van der Waals surface area contributed by atoms with Crippen LogP contribution in [0.2, 0.25) is 0 Å². The molecular formula is C29H21NO7. The Labute approximate surface area is 211 Å². The number of H-pyrrole nitrogens is 1. The molecule has 2 aliphatic rings. The number of carbonyl (C=O) groups excluding carboxylic acids is 2. The maximum absolute atomic E-state index is 13.2. The van der Waals surface area contributed by atoms with Gasteiger partial charge in [0.05, 0.1) is 31.7 Å². The molecule has 8 heteroatoms. The van der Waals surface area contributed by atoms with Crippen molar-refractivity contribution < 1.29 is 28.5 Å². The summed E-state index contributed by atoms with van der Waals surface area (Å²) in [5, 5.41) is 0.778. The minimum absolute atomic E-state index is 0.0662. The maximum atomic E-state index is 13.2. The normalized spacial score (nSPS) is 17.2. The van der Waals surface area contributed by atoms with Crippen LogP contribution >= 0.6 is 0 Å². The first-order chi connectivity index (χ1) is 17.9. The zero-order valence-corrected chi connectivity index (χ0v) is 20.0. The number of benzene rings is 3. The molecule has 8 nitrogen and oxygen atoms in total. The fourth-order valence-electron chi connectivity index (χ4n) is 4.81. The Balaban J connectivity index is 1.46. The lowest BCUT2D eigenvalue weighted by Gasteiger charge is -2.26. The number of ketones is 1. The highest BCUT2D eigenvalue weighted by molar-refractivity contribution is 6.15. The molecule has 0 saturated heterocycles. The number of allylic oxidation sites excluding steroid dienone is 1. The molecule has 0 unspecified atom stereocenters. The summed E-state index contributed by atoms with van der Waals surface area (Å²) in [6.45, 7) is 0. The van der Waals surface area contributed by atoms with E-state index in [2.05, 4.69) is 4.98 Å². The monoisotopic (exact) mass is 495 g/mol. The summed E-state index contributed by atoms with van der Waals surface area (Å²) in [5.41, 5.74) is 2.26. The van der Waals surface area contributed by atoms with Gasteiger partial charge in [0.2, 0.25) is 5.78 Å². The summed E-state index contributed by atoms with van der Waals surface area (Å²) in [6.07, 6.45) is 1.58. The lowest BCUT2D eigenvalue weighted by molar-refractivity contribution is -0.135. The van der Waals surface area contributed by atoms with Crippen molar-refractivity contribution in [2.45, 2.75) is 12.3 Å². The van der Waals surface area contributed by atoms with Crippen molar-refractivity contribution in [3.63, 3.8) is 0 Å². The van der Waals surface area contributed by atoms with Crippen LogP contribution in [0.5, 0.6) is 23.0 Å². The molecule has 3 aromatic carbocycles. The van der Waals surface area contributed by atoms with Gasteiger partial charge in [-0.05, 0) is 59.5 Å². The molecule has 0 radical (unpaired) electrons. The van der Waals surface area contributed by atoms with Gasteiger partial charge in [0.15, 0.2) is 5.76 Å². The quantitative estimate of drug-likeness (QED) is 0.251. The van der Waals surface area contributed by atoms with E-state index in [4.69, 9.17) is 18.9 Å². The van der Waals surface area contributed by atoms with E-state index in [1.54, 1.807) is 62.8 Å². The fourth-order valence-corrected chi connectivity index (χ4v) is 4.81. The number of methoxy groups -OCH3 is 2. The highest BCUT2D eigenvalue weighted by atomic mass is 16.5. The number of Topliss-reactive ketones (excluding diaryl/α,β-unsaturated/α-hetero) is 1. The first-order valence-electron chi connectivity index (χ1n) is 11.6. The Morgan fingerprint density at radius 1 is 0.892 bits per heavy atom. The first kappa shape index (κ1) is 22.6. The molecule has 1 atom stereocenters. The molecule has 37 heavy (non-hydrogen) atoms. The van der Waals surface area contributed by atoms with Gasteiger partial charge in [-0.2, -0.15) is 0 Å². The van der Waals surface area contributed by atoms with Gasteiger partial charge in [0.1, 0.15) is 23.0 Å². The lowest BCUT2D eigenvalue weighted by Crippen LogP contribution is -2.26. The Bertz CT molecular complexity index is 1680.